The Morgan fingerprint density at radius 2 is 2.00 bits per heavy atom. The van der Waals surface area contributed by atoms with Gasteiger partial charge < -0.3 is 9.84 Å². The summed E-state index contributed by atoms with van der Waals surface area (Å²) in [6.45, 7) is 2.25. The maximum atomic E-state index is 11.2. The third-order valence-electron chi connectivity index (χ3n) is 7.48. The van der Waals surface area contributed by atoms with Gasteiger partial charge in [0, 0.05) is 11.6 Å². The van der Waals surface area contributed by atoms with Crippen molar-refractivity contribution in [1.29, 1.82) is 0 Å². The molecule has 2 aromatic carbocycles. The zero-order valence-electron chi connectivity index (χ0n) is 19.1. The Morgan fingerprint density at radius 1 is 1.12 bits per heavy atom. The van der Waals surface area contributed by atoms with Gasteiger partial charge in [-0.1, -0.05) is 42.3 Å². The number of hydrogen-bond donors (Lipinski definition) is 1. The van der Waals surface area contributed by atoms with Gasteiger partial charge in [-0.3, -0.25) is 0 Å². The van der Waals surface area contributed by atoms with Crippen molar-refractivity contribution >= 4 is 0 Å². The molecule has 33 heavy (non-hydrogen) atoms. The number of rotatable bonds is 5. The van der Waals surface area contributed by atoms with Gasteiger partial charge >= 0.3 is 0 Å². The summed E-state index contributed by atoms with van der Waals surface area (Å²) in [5, 5.41) is 11.2. The second-order valence-electron chi connectivity index (χ2n) is 9.47. The molecule has 4 nitrogen and oxygen atoms in total. The van der Waals surface area contributed by atoms with Crippen molar-refractivity contribution in [2.45, 2.75) is 63.1 Å². The first-order chi connectivity index (χ1) is 16.1. The highest BCUT2D eigenvalue weighted by atomic mass is 16.5. The normalized spacial score (nSPS) is 25.8. The zero-order chi connectivity index (χ0) is 22.7. The Morgan fingerprint density at radius 3 is 2.79 bits per heavy atom. The van der Waals surface area contributed by atoms with Gasteiger partial charge in [0.2, 0.25) is 0 Å². The van der Waals surface area contributed by atoms with Crippen LogP contribution in [0.2, 0.25) is 0 Å². The lowest BCUT2D eigenvalue weighted by Crippen LogP contribution is -2.50. The van der Waals surface area contributed by atoms with Crippen molar-refractivity contribution in [3.63, 3.8) is 0 Å². The van der Waals surface area contributed by atoms with Crippen molar-refractivity contribution in [2.24, 2.45) is 5.92 Å². The van der Waals surface area contributed by atoms with Crippen LogP contribution in [-0.2, 0) is 24.9 Å². The molecule has 1 saturated carbocycles. The summed E-state index contributed by atoms with van der Waals surface area (Å²) in [7, 11) is 0. The quantitative estimate of drug-likeness (QED) is 0.567. The molecule has 1 heterocycles. The number of fused-ring (bicyclic) bond motifs is 3. The monoisotopic (exact) mass is 438 g/mol. The third kappa shape index (κ3) is 4.38. The molecule has 1 N–H and O–H groups in total. The van der Waals surface area contributed by atoms with E-state index in [4.69, 9.17) is 4.74 Å². The molecule has 2 aliphatic rings. The van der Waals surface area contributed by atoms with Crippen LogP contribution in [0.25, 0.3) is 0 Å². The highest BCUT2D eigenvalue weighted by molar-refractivity contribution is 5.45. The Bertz CT molecular complexity index is 1170. The molecule has 0 bridgehead atoms. The summed E-state index contributed by atoms with van der Waals surface area (Å²) < 4.78 is 6.06. The number of aromatic nitrogens is 2. The molecule has 0 aliphatic heterocycles. The number of hydrogen-bond acceptors (Lipinski definition) is 4. The van der Waals surface area contributed by atoms with Crippen LogP contribution in [-0.4, -0.2) is 20.7 Å². The number of nitrogens with zero attached hydrogens (tertiary/aromatic N) is 2. The van der Waals surface area contributed by atoms with Crippen molar-refractivity contribution in [1.82, 2.24) is 9.97 Å². The zero-order valence-corrected chi connectivity index (χ0v) is 19.1. The lowest BCUT2D eigenvalue weighted by atomic mass is 9.52. The van der Waals surface area contributed by atoms with Gasteiger partial charge in [-0.15, -0.1) is 5.92 Å². The van der Waals surface area contributed by atoms with Gasteiger partial charge in [-0.2, -0.15) is 0 Å². The SMILES string of the molecule is CC#C[C@@]1(O)CC[C@@]2(Cc3ccccc3)c3ccc(OCc4ccncn4)cc3CC[C@@H]2C1. The molecular weight excluding hydrogens is 408 g/mol. The fourth-order valence-electron chi connectivity index (χ4n) is 5.95. The average molecular weight is 439 g/mol. The number of benzene rings is 2. The average Bonchev–Trinajstić information content (AvgIpc) is 2.84. The fraction of sp³-hybridized carbons (Fsp3) is 0.379. The summed E-state index contributed by atoms with van der Waals surface area (Å²) in [6.07, 6.45) is 8.72. The highest BCUT2D eigenvalue weighted by Crippen LogP contribution is 2.54. The molecule has 5 rings (SSSR count). The molecule has 3 aromatic rings. The Labute approximate surface area is 196 Å². The van der Waals surface area contributed by atoms with E-state index in [0.29, 0.717) is 18.9 Å². The summed E-state index contributed by atoms with van der Waals surface area (Å²) in [4.78, 5) is 8.22. The van der Waals surface area contributed by atoms with Crippen LogP contribution in [0.5, 0.6) is 5.75 Å². The molecule has 168 valence electrons. The van der Waals surface area contributed by atoms with E-state index in [1.165, 1.54) is 16.7 Å². The van der Waals surface area contributed by atoms with E-state index < -0.39 is 5.60 Å². The number of aryl methyl sites for hydroxylation is 1. The van der Waals surface area contributed by atoms with Gasteiger partial charge in [0.05, 0.1) is 5.69 Å². The van der Waals surface area contributed by atoms with Crippen LogP contribution in [0.3, 0.4) is 0 Å². The predicted molar refractivity (Wildman–Crippen MR) is 129 cm³/mol. The molecule has 2 aliphatic carbocycles. The minimum atomic E-state index is -0.863. The summed E-state index contributed by atoms with van der Waals surface area (Å²) >= 11 is 0. The topological polar surface area (TPSA) is 55.2 Å². The van der Waals surface area contributed by atoms with Crippen molar-refractivity contribution in [2.75, 3.05) is 0 Å². The second-order valence-corrected chi connectivity index (χ2v) is 9.47. The maximum absolute atomic E-state index is 11.2. The van der Waals surface area contributed by atoms with Gasteiger partial charge in [-0.05, 0) is 86.3 Å². The Balaban J connectivity index is 1.47. The van der Waals surface area contributed by atoms with E-state index in [1.54, 1.807) is 12.5 Å². The first-order valence-electron chi connectivity index (χ1n) is 11.8. The van der Waals surface area contributed by atoms with Crippen molar-refractivity contribution in [3.05, 3.63) is 89.5 Å². The molecule has 0 unspecified atom stereocenters. The highest BCUT2D eigenvalue weighted by Gasteiger charge is 2.51. The van der Waals surface area contributed by atoms with Crippen LogP contribution in [0.1, 0.15) is 55.0 Å². The first kappa shape index (κ1) is 21.7. The van der Waals surface area contributed by atoms with E-state index in [-0.39, 0.29) is 5.41 Å². The van der Waals surface area contributed by atoms with Crippen molar-refractivity contribution < 1.29 is 9.84 Å². The molecule has 0 spiro atoms. The molecule has 0 amide bonds. The molecule has 3 atom stereocenters. The minimum Gasteiger partial charge on any atom is -0.487 e. The van der Waals surface area contributed by atoms with Crippen LogP contribution < -0.4 is 4.74 Å². The molecule has 1 fully saturated rings. The standard InChI is InChI=1S/C29H30N2O2/c1-2-13-28(32)14-15-29(18-22-6-4-3-5-7-22)24(19-28)9-8-23-17-26(10-11-27(23)29)33-20-25-12-16-30-21-31-25/h3-7,10-12,16-17,21,24,32H,8-9,14-15,18-20H2,1H3/t24-,28-,29+/m1/s1. The number of ether oxygens (including phenoxy) is 1. The van der Waals surface area contributed by atoms with E-state index >= 15 is 0 Å². The Kier molecular flexibility index (Phi) is 5.91. The van der Waals surface area contributed by atoms with Gasteiger partial charge in [-0.25, -0.2) is 9.97 Å². The third-order valence-corrected chi connectivity index (χ3v) is 7.48. The smallest absolute Gasteiger partial charge is 0.130 e. The van der Waals surface area contributed by atoms with Crippen molar-refractivity contribution in [3.8, 4) is 17.6 Å². The van der Waals surface area contributed by atoms with E-state index in [0.717, 1.165) is 43.5 Å². The maximum Gasteiger partial charge on any atom is 0.130 e. The van der Waals surface area contributed by atoms with Crippen LogP contribution >= 0.6 is 0 Å². The molecule has 0 radical (unpaired) electrons. The molecule has 4 heteroatoms. The van der Waals surface area contributed by atoms with Gasteiger partial charge in [0.1, 0.15) is 24.3 Å². The summed E-state index contributed by atoms with van der Waals surface area (Å²) in [6, 6.07) is 19.2. The largest absolute Gasteiger partial charge is 0.487 e. The second kappa shape index (κ2) is 9.00. The first-order valence-corrected chi connectivity index (χ1v) is 11.8. The summed E-state index contributed by atoms with van der Waals surface area (Å²) in [5.41, 5.74) is 4.16. The van der Waals surface area contributed by atoms with Crippen LogP contribution in [0.4, 0.5) is 0 Å². The van der Waals surface area contributed by atoms with Crippen LogP contribution in [0, 0.1) is 17.8 Å². The van der Waals surface area contributed by atoms with E-state index in [1.807, 2.05) is 13.0 Å². The molecule has 0 saturated heterocycles. The molecular formula is C29H30N2O2. The summed E-state index contributed by atoms with van der Waals surface area (Å²) in [5.74, 6) is 7.36. The lowest BCUT2D eigenvalue weighted by molar-refractivity contribution is -0.00805. The van der Waals surface area contributed by atoms with Gasteiger partial charge in [0.15, 0.2) is 0 Å². The van der Waals surface area contributed by atoms with Gasteiger partial charge in [0.25, 0.3) is 0 Å². The lowest BCUT2D eigenvalue weighted by Gasteiger charge is -2.52. The van der Waals surface area contributed by atoms with E-state index in [2.05, 4.69) is 70.3 Å². The predicted octanol–water partition coefficient (Wildman–Crippen LogP) is 5.04. The number of aliphatic hydroxyl groups is 1. The van der Waals surface area contributed by atoms with E-state index in [9.17, 15) is 5.11 Å². The fourth-order valence-corrected chi connectivity index (χ4v) is 5.95. The Hall–Kier alpha value is -3.16. The minimum absolute atomic E-state index is 0.0156. The molecule has 1 aromatic heterocycles. The van der Waals surface area contributed by atoms with Crippen LogP contribution in [0.15, 0.2) is 67.1 Å².